The summed E-state index contributed by atoms with van der Waals surface area (Å²) < 4.78 is 12.0. The number of hydrogen-bond donors (Lipinski definition) is 2. The van der Waals surface area contributed by atoms with E-state index >= 15 is 0 Å². The minimum atomic E-state index is -0.221. The van der Waals surface area contributed by atoms with Crippen LogP contribution < -0.4 is 20.1 Å². The molecule has 0 saturated carbocycles. The molecular formula is C23H26N4O4. The molecule has 1 aromatic heterocycles. The van der Waals surface area contributed by atoms with Crippen molar-refractivity contribution < 1.29 is 19.1 Å². The standard InChI is InChI=1S/C23H26N4O4/c1-3-31-21-9-4-17(5-10-21)6-13-22(28)26-19-14-24-27(15-19)16-23(29)25-18-7-11-20(30-2)12-8-18/h4-5,7-12,14-15H,3,6,13,16H2,1-2H3,(H,25,29)(H,26,28). The minimum Gasteiger partial charge on any atom is -0.497 e. The van der Waals surface area contributed by atoms with Crippen LogP contribution in [0.15, 0.2) is 60.9 Å². The zero-order chi connectivity index (χ0) is 22.1. The number of aryl methyl sites for hydroxylation is 1. The highest BCUT2D eigenvalue weighted by atomic mass is 16.5. The van der Waals surface area contributed by atoms with Gasteiger partial charge in [0.25, 0.3) is 0 Å². The number of nitrogens with one attached hydrogen (secondary N) is 2. The Kier molecular flexibility index (Phi) is 7.64. The third-order valence-corrected chi connectivity index (χ3v) is 4.47. The number of hydrogen-bond acceptors (Lipinski definition) is 5. The van der Waals surface area contributed by atoms with Crippen LogP contribution >= 0.6 is 0 Å². The lowest BCUT2D eigenvalue weighted by molar-refractivity contribution is -0.117. The Hall–Kier alpha value is -3.81. The van der Waals surface area contributed by atoms with Crippen molar-refractivity contribution in [3.05, 3.63) is 66.5 Å². The fourth-order valence-electron chi connectivity index (χ4n) is 2.94. The molecule has 2 amide bonds. The average molecular weight is 422 g/mol. The summed E-state index contributed by atoms with van der Waals surface area (Å²) in [5.41, 5.74) is 2.28. The molecule has 2 aromatic carbocycles. The van der Waals surface area contributed by atoms with Crippen molar-refractivity contribution in [2.75, 3.05) is 24.4 Å². The summed E-state index contributed by atoms with van der Waals surface area (Å²) in [4.78, 5) is 24.4. The van der Waals surface area contributed by atoms with Gasteiger partial charge in [-0.15, -0.1) is 0 Å². The van der Waals surface area contributed by atoms with E-state index in [0.717, 1.165) is 11.3 Å². The zero-order valence-electron chi connectivity index (χ0n) is 17.6. The number of ether oxygens (including phenoxy) is 2. The number of benzene rings is 2. The van der Waals surface area contributed by atoms with Crippen LogP contribution in [0.2, 0.25) is 0 Å². The van der Waals surface area contributed by atoms with E-state index < -0.39 is 0 Å². The highest BCUT2D eigenvalue weighted by Gasteiger charge is 2.08. The number of nitrogens with zero attached hydrogens (tertiary/aromatic N) is 2. The van der Waals surface area contributed by atoms with Crippen molar-refractivity contribution >= 4 is 23.2 Å². The Bertz CT molecular complexity index is 997. The van der Waals surface area contributed by atoms with Crippen molar-refractivity contribution in [1.82, 2.24) is 9.78 Å². The Labute approximate surface area is 181 Å². The molecule has 162 valence electrons. The van der Waals surface area contributed by atoms with Gasteiger partial charge in [0, 0.05) is 18.3 Å². The van der Waals surface area contributed by atoms with Crippen LogP contribution in [0.1, 0.15) is 18.9 Å². The van der Waals surface area contributed by atoms with Gasteiger partial charge in [-0.05, 0) is 55.3 Å². The van der Waals surface area contributed by atoms with Crippen LogP contribution in [-0.4, -0.2) is 35.3 Å². The number of amides is 2. The van der Waals surface area contributed by atoms with Crippen LogP contribution in [0, 0.1) is 0 Å². The Morgan fingerprint density at radius 2 is 1.61 bits per heavy atom. The van der Waals surface area contributed by atoms with Crippen molar-refractivity contribution in [2.24, 2.45) is 0 Å². The molecule has 3 aromatic rings. The van der Waals surface area contributed by atoms with Crippen molar-refractivity contribution in [2.45, 2.75) is 26.3 Å². The van der Waals surface area contributed by atoms with Crippen LogP contribution in [0.5, 0.6) is 11.5 Å². The van der Waals surface area contributed by atoms with Gasteiger partial charge in [-0.3, -0.25) is 14.3 Å². The van der Waals surface area contributed by atoms with Crippen LogP contribution in [0.25, 0.3) is 0 Å². The van der Waals surface area contributed by atoms with Gasteiger partial charge in [0.05, 0.1) is 25.6 Å². The third-order valence-electron chi connectivity index (χ3n) is 4.47. The normalized spacial score (nSPS) is 10.4. The topological polar surface area (TPSA) is 94.5 Å². The average Bonchev–Trinajstić information content (AvgIpc) is 3.20. The van der Waals surface area contributed by atoms with Crippen molar-refractivity contribution in [1.29, 1.82) is 0 Å². The minimum absolute atomic E-state index is 0.0358. The fraction of sp³-hybridized carbons (Fsp3) is 0.261. The summed E-state index contributed by atoms with van der Waals surface area (Å²) in [5.74, 6) is 1.20. The molecule has 0 bridgehead atoms. The van der Waals surface area contributed by atoms with Gasteiger partial charge in [-0.25, -0.2) is 0 Å². The maximum absolute atomic E-state index is 12.2. The molecule has 8 heteroatoms. The van der Waals surface area contributed by atoms with Crippen LogP contribution in [0.3, 0.4) is 0 Å². The monoisotopic (exact) mass is 422 g/mol. The highest BCUT2D eigenvalue weighted by molar-refractivity contribution is 5.91. The SMILES string of the molecule is CCOc1ccc(CCC(=O)Nc2cnn(CC(=O)Nc3ccc(OC)cc3)c2)cc1. The van der Waals surface area contributed by atoms with E-state index in [1.165, 1.54) is 10.9 Å². The number of rotatable bonds is 10. The lowest BCUT2D eigenvalue weighted by atomic mass is 10.1. The number of aromatic nitrogens is 2. The second-order valence-corrected chi connectivity index (χ2v) is 6.83. The highest BCUT2D eigenvalue weighted by Crippen LogP contribution is 2.16. The van der Waals surface area contributed by atoms with Gasteiger partial charge in [0.1, 0.15) is 18.0 Å². The molecular weight excluding hydrogens is 396 g/mol. The summed E-state index contributed by atoms with van der Waals surface area (Å²) in [5, 5.41) is 9.73. The summed E-state index contributed by atoms with van der Waals surface area (Å²) in [6.07, 6.45) is 4.12. The van der Waals surface area contributed by atoms with Gasteiger partial charge in [0.2, 0.25) is 11.8 Å². The van der Waals surface area contributed by atoms with Gasteiger partial charge in [-0.1, -0.05) is 12.1 Å². The van der Waals surface area contributed by atoms with E-state index in [1.54, 1.807) is 37.6 Å². The Morgan fingerprint density at radius 1 is 0.935 bits per heavy atom. The molecule has 2 N–H and O–H groups in total. The van der Waals surface area contributed by atoms with Gasteiger partial charge < -0.3 is 20.1 Å². The van der Waals surface area contributed by atoms with Crippen molar-refractivity contribution in [3.63, 3.8) is 0 Å². The van der Waals surface area contributed by atoms with E-state index in [4.69, 9.17) is 9.47 Å². The fourth-order valence-corrected chi connectivity index (χ4v) is 2.94. The lowest BCUT2D eigenvalue weighted by Crippen LogP contribution is -2.19. The first kappa shape index (κ1) is 21.9. The molecule has 1 heterocycles. The molecule has 3 rings (SSSR count). The maximum atomic E-state index is 12.2. The van der Waals surface area contributed by atoms with E-state index in [2.05, 4.69) is 15.7 Å². The molecule has 0 fully saturated rings. The first-order valence-corrected chi connectivity index (χ1v) is 10.0. The Morgan fingerprint density at radius 3 is 2.29 bits per heavy atom. The molecule has 0 unspecified atom stereocenters. The molecule has 31 heavy (non-hydrogen) atoms. The smallest absolute Gasteiger partial charge is 0.246 e. The number of carbonyl (C=O) groups excluding carboxylic acids is 2. The van der Waals surface area contributed by atoms with Gasteiger partial charge in [-0.2, -0.15) is 5.10 Å². The molecule has 0 atom stereocenters. The molecule has 0 radical (unpaired) electrons. The molecule has 8 nitrogen and oxygen atoms in total. The second-order valence-electron chi connectivity index (χ2n) is 6.83. The van der Waals surface area contributed by atoms with E-state index in [1.807, 2.05) is 31.2 Å². The van der Waals surface area contributed by atoms with Crippen LogP contribution in [-0.2, 0) is 22.6 Å². The predicted molar refractivity (Wildman–Crippen MR) is 118 cm³/mol. The number of carbonyl (C=O) groups is 2. The molecule has 0 aliphatic carbocycles. The van der Waals surface area contributed by atoms with Gasteiger partial charge >= 0.3 is 0 Å². The molecule has 0 aliphatic rings. The summed E-state index contributed by atoms with van der Waals surface area (Å²) in [6.45, 7) is 2.60. The second kappa shape index (κ2) is 10.8. The third kappa shape index (κ3) is 6.88. The van der Waals surface area contributed by atoms with Crippen LogP contribution in [0.4, 0.5) is 11.4 Å². The van der Waals surface area contributed by atoms with Crippen molar-refractivity contribution in [3.8, 4) is 11.5 Å². The quantitative estimate of drug-likeness (QED) is 0.522. The largest absolute Gasteiger partial charge is 0.497 e. The van der Waals surface area contributed by atoms with Gasteiger partial charge in [0.15, 0.2) is 0 Å². The van der Waals surface area contributed by atoms with E-state index in [-0.39, 0.29) is 18.4 Å². The lowest BCUT2D eigenvalue weighted by Gasteiger charge is -2.06. The summed E-state index contributed by atoms with van der Waals surface area (Å²) >= 11 is 0. The predicted octanol–water partition coefficient (Wildman–Crippen LogP) is 3.50. The first-order valence-electron chi connectivity index (χ1n) is 10.0. The maximum Gasteiger partial charge on any atom is 0.246 e. The summed E-state index contributed by atoms with van der Waals surface area (Å²) in [7, 11) is 1.59. The molecule has 0 aliphatic heterocycles. The molecule has 0 saturated heterocycles. The Balaban J connectivity index is 1.44. The van der Waals surface area contributed by atoms with E-state index in [0.29, 0.717) is 36.6 Å². The van der Waals surface area contributed by atoms with E-state index in [9.17, 15) is 9.59 Å². The first-order chi connectivity index (χ1) is 15.1. The molecule has 0 spiro atoms. The number of methoxy groups -OCH3 is 1. The summed E-state index contributed by atoms with van der Waals surface area (Å²) in [6, 6.07) is 14.8. The zero-order valence-corrected chi connectivity index (χ0v) is 17.6. The number of anilines is 2.